The van der Waals surface area contributed by atoms with E-state index in [-0.39, 0.29) is 11.8 Å². The molecule has 1 aromatic heterocycles. The van der Waals surface area contributed by atoms with Crippen LogP contribution in [0.2, 0.25) is 5.02 Å². The SMILES string of the molecule is COc1ccc(-c2noc(N3CCC[C@@H](C(=O)Nc4ccc(Cl)cc4)C3)n2)cc1. The normalized spacial score (nSPS) is 16.5. The standard InChI is InChI=1S/C21H21ClN4O3/c1-28-18-10-4-14(5-11-18)19-24-21(29-25-19)26-12-2-3-15(13-26)20(27)23-17-8-6-16(22)7-9-17/h4-11,15H,2-3,12-13H2,1H3,(H,23,27)/t15-/m1/s1. The van der Waals surface area contributed by atoms with Gasteiger partial charge in [0.1, 0.15) is 5.75 Å². The predicted octanol–water partition coefficient (Wildman–Crippen LogP) is 4.25. The van der Waals surface area contributed by atoms with E-state index in [2.05, 4.69) is 15.5 Å². The van der Waals surface area contributed by atoms with Gasteiger partial charge in [0.05, 0.1) is 13.0 Å². The Balaban J connectivity index is 1.42. The molecule has 0 saturated carbocycles. The Bertz CT molecular complexity index is 972. The molecule has 8 heteroatoms. The van der Waals surface area contributed by atoms with Crippen molar-refractivity contribution in [1.82, 2.24) is 10.1 Å². The molecule has 4 rings (SSSR count). The van der Waals surface area contributed by atoms with Crippen molar-refractivity contribution in [2.75, 3.05) is 30.4 Å². The van der Waals surface area contributed by atoms with E-state index < -0.39 is 0 Å². The van der Waals surface area contributed by atoms with Crippen molar-refractivity contribution < 1.29 is 14.1 Å². The van der Waals surface area contributed by atoms with Crippen LogP contribution in [0, 0.1) is 5.92 Å². The largest absolute Gasteiger partial charge is 0.497 e. The van der Waals surface area contributed by atoms with Crippen molar-refractivity contribution in [2.24, 2.45) is 5.92 Å². The zero-order valence-corrected chi connectivity index (χ0v) is 16.7. The summed E-state index contributed by atoms with van der Waals surface area (Å²) in [5.74, 6) is 1.10. The van der Waals surface area contributed by atoms with Gasteiger partial charge in [-0.25, -0.2) is 0 Å². The molecule has 2 heterocycles. The minimum absolute atomic E-state index is 0.0214. The van der Waals surface area contributed by atoms with Crippen LogP contribution in [-0.4, -0.2) is 36.2 Å². The van der Waals surface area contributed by atoms with Gasteiger partial charge in [0, 0.05) is 29.4 Å². The lowest BCUT2D eigenvalue weighted by Gasteiger charge is -2.30. The molecule has 1 fully saturated rings. The summed E-state index contributed by atoms with van der Waals surface area (Å²) < 4.78 is 10.6. The van der Waals surface area contributed by atoms with E-state index in [4.69, 9.17) is 20.9 Å². The van der Waals surface area contributed by atoms with Gasteiger partial charge in [-0.2, -0.15) is 4.98 Å². The molecule has 1 aliphatic rings. The van der Waals surface area contributed by atoms with Gasteiger partial charge >= 0.3 is 6.01 Å². The van der Waals surface area contributed by atoms with Crippen molar-refractivity contribution in [3.63, 3.8) is 0 Å². The Morgan fingerprint density at radius 2 is 1.97 bits per heavy atom. The fraction of sp³-hybridized carbons (Fsp3) is 0.286. The molecule has 150 valence electrons. The molecule has 7 nitrogen and oxygen atoms in total. The average Bonchev–Trinajstić information content (AvgIpc) is 3.26. The molecule has 0 spiro atoms. The monoisotopic (exact) mass is 412 g/mol. The van der Waals surface area contributed by atoms with Crippen LogP contribution < -0.4 is 15.0 Å². The maximum absolute atomic E-state index is 12.7. The molecule has 1 N–H and O–H groups in total. The third kappa shape index (κ3) is 4.51. The number of rotatable bonds is 5. The molecular weight excluding hydrogens is 392 g/mol. The second-order valence-electron chi connectivity index (χ2n) is 6.91. The third-order valence-corrected chi connectivity index (χ3v) is 5.19. The first-order valence-electron chi connectivity index (χ1n) is 9.42. The maximum Gasteiger partial charge on any atom is 0.324 e. The van der Waals surface area contributed by atoms with Crippen molar-refractivity contribution in [3.05, 3.63) is 53.6 Å². The Kier molecular flexibility index (Phi) is 5.67. The second kappa shape index (κ2) is 8.53. The Morgan fingerprint density at radius 1 is 1.21 bits per heavy atom. The lowest BCUT2D eigenvalue weighted by atomic mass is 9.97. The highest BCUT2D eigenvalue weighted by Gasteiger charge is 2.28. The summed E-state index contributed by atoms with van der Waals surface area (Å²) in [5, 5.41) is 7.67. The lowest BCUT2D eigenvalue weighted by molar-refractivity contribution is -0.120. The van der Waals surface area contributed by atoms with Crippen LogP contribution in [0.4, 0.5) is 11.7 Å². The molecule has 0 radical (unpaired) electrons. The molecule has 1 saturated heterocycles. The summed E-state index contributed by atoms with van der Waals surface area (Å²) in [4.78, 5) is 19.1. The fourth-order valence-corrected chi connectivity index (χ4v) is 3.47. The average molecular weight is 413 g/mol. The quantitative estimate of drug-likeness (QED) is 0.674. The second-order valence-corrected chi connectivity index (χ2v) is 7.35. The van der Waals surface area contributed by atoms with Gasteiger partial charge in [-0.05, 0) is 61.4 Å². The lowest BCUT2D eigenvalue weighted by Crippen LogP contribution is -2.41. The summed E-state index contributed by atoms with van der Waals surface area (Å²) >= 11 is 5.90. The third-order valence-electron chi connectivity index (χ3n) is 4.94. The van der Waals surface area contributed by atoms with Gasteiger partial charge in [0.25, 0.3) is 0 Å². The molecular formula is C21H21ClN4O3. The van der Waals surface area contributed by atoms with Crippen molar-refractivity contribution in [3.8, 4) is 17.1 Å². The molecule has 2 aromatic carbocycles. The number of aromatic nitrogens is 2. The first kappa shape index (κ1) is 19.3. The topological polar surface area (TPSA) is 80.5 Å². The predicted molar refractivity (Wildman–Crippen MR) is 111 cm³/mol. The number of piperidine rings is 1. The van der Waals surface area contributed by atoms with Crippen LogP contribution in [0.25, 0.3) is 11.4 Å². The summed E-state index contributed by atoms with van der Waals surface area (Å²) in [7, 11) is 1.62. The Hall–Kier alpha value is -3.06. The van der Waals surface area contributed by atoms with Crippen molar-refractivity contribution >= 4 is 29.2 Å². The van der Waals surface area contributed by atoms with Crippen molar-refractivity contribution in [1.29, 1.82) is 0 Å². The molecule has 0 bridgehead atoms. The van der Waals surface area contributed by atoms with Gasteiger partial charge in [0.15, 0.2) is 0 Å². The number of carbonyl (C=O) groups is 1. The number of halogens is 1. The first-order chi connectivity index (χ1) is 14.1. The number of ether oxygens (including phenoxy) is 1. The van der Waals surface area contributed by atoms with E-state index in [1.54, 1.807) is 31.4 Å². The summed E-state index contributed by atoms with van der Waals surface area (Å²) in [6, 6.07) is 15.0. The number of nitrogens with one attached hydrogen (secondary N) is 1. The van der Waals surface area contributed by atoms with Crippen LogP contribution >= 0.6 is 11.6 Å². The molecule has 29 heavy (non-hydrogen) atoms. The molecule has 1 atom stereocenters. The number of nitrogens with zero attached hydrogens (tertiary/aromatic N) is 3. The van der Waals surface area contributed by atoms with E-state index in [9.17, 15) is 4.79 Å². The maximum atomic E-state index is 12.7. The van der Waals surface area contributed by atoms with Crippen LogP contribution in [-0.2, 0) is 4.79 Å². The minimum Gasteiger partial charge on any atom is -0.497 e. The van der Waals surface area contributed by atoms with Crippen LogP contribution in [0.1, 0.15) is 12.8 Å². The molecule has 0 unspecified atom stereocenters. The van der Waals surface area contributed by atoms with Crippen LogP contribution in [0.5, 0.6) is 5.75 Å². The van der Waals surface area contributed by atoms with E-state index in [0.29, 0.717) is 23.4 Å². The van der Waals surface area contributed by atoms with E-state index >= 15 is 0 Å². The zero-order chi connectivity index (χ0) is 20.2. The Morgan fingerprint density at radius 3 is 2.69 bits per heavy atom. The van der Waals surface area contributed by atoms with Crippen molar-refractivity contribution in [2.45, 2.75) is 12.8 Å². The summed E-state index contributed by atoms with van der Waals surface area (Å²) in [6.07, 6.45) is 1.69. The molecule has 3 aromatic rings. The highest BCUT2D eigenvalue weighted by atomic mass is 35.5. The highest BCUT2D eigenvalue weighted by molar-refractivity contribution is 6.30. The smallest absolute Gasteiger partial charge is 0.324 e. The minimum atomic E-state index is -0.157. The van der Waals surface area contributed by atoms with Gasteiger partial charge in [-0.1, -0.05) is 16.8 Å². The number of methoxy groups -OCH3 is 1. The van der Waals surface area contributed by atoms with E-state index in [1.165, 1.54) is 0 Å². The van der Waals surface area contributed by atoms with Crippen LogP contribution in [0.3, 0.4) is 0 Å². The van der Waals surface area contributed by atoms with Gasteiger partial charge < -0.3 is 19.5 Å². The van der Waals surface area contributed by atoms with Gasteiger partial charge in [0.2, 0.25) is 11.7 Å². The number of hydrogen-bond acceptors (Lipinski definition) is 6. The summed E-state index contributed by atoms with van der Waals surface area (Å²) in [5.41, 5.74) is 1.57. The van der Waals surface area contributed by atoms with E-state index in [1.807, 2.05) is 29.2 Å². The number of carbonyl (C=O) groups excluding carboxylic acids is 1. The number of anilines is 2. The Labute approximate surface area is 173 Å². The molecule has 1 amide bonds. The number of hydrogen-bond donors (Lipinski definition) is 1. The van der Waals surface area contributed by atoms with Gasteiger partial charge in [-0.3, -0.25) is 4.79 Å². The number of amides is 1. The number of benzene rings is 2. The fourth-order valence-electron chi connectivity index (χ4n) is 3.34. The zero-order valence-electron chi connectivity index (χ0n) is 16.0. The van der Waals surface area contributed by atoms with Gasteiger partial charge in [-0.15, -0.1) is 0 Å². The first-order valence-corrected chi connectivity index (χ1v) is 9.79. The molecule has 1 aliphatic heterocycles. The highest BCUT2D eigenvalue weighted by Crippen LogP contribution is 2.26. The summed E-state index contributed by atoms with van der Waals surface area (Å²) in [6.45, 7) is 1.30. The van der Waals surface area contributed by atoms with E-state index in [0.717, 1.165) is 36.4 Å². The van der Waals surface area contributed by atoms with Crippen LogP contribution in [0.15, 0.2) is 53.1 Å². The molecule has 0 aliphatic carbocycles.